The molecule has 0 aliphatic heterocycles. The van der Waals surface area contributed by atoms with Crippen LogP contribution in [-0.2, 0) is 4.74 Å². The van der Waals surface area contributed by atoms with Gasteiger partial charge in [0, 0.05) is 28.3 Å². The van der Waals surface area contributed by atoms with Gasteiger partial charge in [-0.25, -0.2) is 0 Å². The Morgan fingerprint density at radius 3 is 2.80 bits per heavy atom. The van der Waals surface area contributed by atoms with Gasteiger partial charge in [0.1, 0.15) is 6.61 Å². The molecule has 1 heterocycles. The maximum Gasteiger partial charge on any atom is 0.411 e. The highest BCUT2D eigenvalue weighted by Gasteiger charge is 2.27. The Hall–Kier alpha value is -1.34. The minimum absolute atomic E-state index is 0.0140. The summed E-state index contributed by atoms with van der Waals surface area (Å²) in [5.74, 6) is 0. The van der Waals surface area contributed by atoms with E-state index in [1.165, 1.54) is 0 Å². The van der Waals surface area contributed by atoms with Crippen LogP contribution in [0.5, 0.6) is 0 Å². The minimum atomic E-state index is -4.28. The summed E-state index contributed by atoms with van der Waals surface area (Å²) in [7, 11) is 0. The molecule has 108 valence electrons. The van der Waals surface area contributed by atoms with Gasteiger partial charge in [0.15, 0.2) is 0 Å². The zero-order chi connectivity index (χ0) is 14.6. The van der Waals surface area contributed by atoms with Crippen LogP contribution in [0, 0.1) is 0 Å². The monoisotopic (exact) mass is 348 g/mol. The summed E-state index contributed by atoms with van der Waals surface area (Å²) in [6, 6.07) is 7.43. The summed E-state index contributed by atoms with van der Waals surface area (Å²) >= 11 is 3.36. The molecule has 1 aromatic heterocycles. The molecule has 1 aromatic carbocycles. The third-order valence-electron chi connectivity index (χ3n) is 2.53. The lowest BCUT2D eigenvalue weighted by molar-refractivity contribution is -0.172. The van der Waals surface area contributed by atoms with Crippen LogP contribution in [0.2, 0.25) is 0 Å². The van der Waals surface area contributed by atoms with Crippen LogP contribution in [0.3, 0.4) is 0 Å². The van der Waals surface area contributed by atoms with Crippen molar-refractivity contribution in [1.82, 2.24) is 4.98 Å². The summed E-state index contributed by atoms with van der Waals surface area (Å²) in [6.45, 7) is -0.941. The summed E-state index contributed by atoms with van der Waals surface area (Å²) in [4.78, 5) is 4.23. The second kappa shape index (κ2) is 6.41. The van der Waals surface area contributed by atoms with Crippen molar-refractivity contribution in [3.8, 4) is 0 Å². The quantitative estimate of drug-likeness (QED) is 0.829. The standard InChI is InChI=1S/C13H12BrF3N2O/c14-9-1-2-10-11(3-4-18-12(10)7-9)19-5-6-20-8-13(15,16)17/h1-4,7H,5-6,8H2,(H,18,19). The number of aromatic nitrogens is 1. The molecule has 0 aliphatic carbocycles. The van der Waals surface area contributed by atoms with E-state index in [1.54, 1.807) is 12.3 Å². The van der Waals surface area contributed by atoms with Crippen molar-refractivity contribution >= 4 is 32.5 Å². The van der Waals surface area contributed by atoms with Gasteiger partial charge in [-0.2, -0.15) is 13.2 Å². The van der Waals surface area contributed by atoms with Crippen LogP contribution in [0.25, 0.3) is 10.9 Å². The zero-order valence-corrected chi connectivity index (χ0v) is 12.0. The van der Waals surface area contributed by atoms with Gasteiger partial charge in [-0.05, 0) is 24.3 Å². The fraction of sp³-hybridized carbons (Fsp3) is 0.308. The molecule has 0 saturated carbocycles. The Kier molecular flexibility index (Phi) is 4.82. The molecule has 0 atom stereocenters. The van der Waals surface area contributed by atoms with Gasteiger partial charge in [-0.1, -0.05) is 15.9 Å². The first-order chi connectivity index (χ1) is 9.46. The molecule has 3 nitrogen and oxygen atoms in total. The zero-order valence-electron chi connectivity index (χ0n) is 10.4. The Balaban J connectivity index is 1.93. The predicted molar refractivity (Wildman–Crippen MR) is 74.8 cm³/mol. The van der Waals surface area contributed by atoms with Crippen molar-refractivity contribution in [1.29, 1.82) is 0 Å². The van der Waals surface area contributed by atoms with E-state index in [0.717, 1.165) is 21.1 Å². The molecule has 2 rings (SSSR count). The molecular formula is C13H12BrF3N2O. The molecule has 0 bridgehead atoms. The van der Waals surface area contributed by atoms with Gasteiger partial charge in [0.2, 0.25) is 0 Å². The lowest BCUT2D eigenvalue weighted by atomic mass is 10.2. The summed E-state index contributed by atoms with van der Waals surface area (Å²) < 4.78 is 41.1. The summed E-state index contributed by atoms with van der Waals surface area (Å²) in [6.07, 6.45) is -2.64. The number of pyridine rings is 1. The van der Waals surface area contributed by atoms with Crippen molar-refractivity contribution in [3.05, 3.63) is 34.9 Å². The van der Waals surface area contributed by atoms with Crippen molar-refractivity contribution in [3.63, 3.8) is 0 Å². The van der Waals surface area contributed by atoms with E-state index in [9.17, 15) is 13.2 Å². The molecule has 0 amide bonds. The first-order valence-corrected chi connectivity index (χ1v) is 6.68. The highest BCUT2D eigenvalue weighted by Crippen LogP contribution is 2.24. The number of rotatable bonds is 5. The summed E-state index contributed by atoms with van der Waals surface area (Å²) in [5, 5.41) is 3.95. The lowest BCUT2D eigenvalue weighted by Crippen LogP contribution is -2.20. The second-order valence-corrected chi connectivity index (χ2v) is 5.03. The topological polar surface area (TPSA) is 34.1 Å². The van der Waals surface area contributed by atoms with Gasteiger partial charge >= 0.3 is 6.18 Å². The molecular weight excluding hydrogens is 337 g/mol. The number of hydrogen-bond acceptors (Lipinski definition) is 3. The summed E-state index contributed by atoms with van der Waals surface area (Å²) in [5.41, 5.74) is 1.62. The first kappa shape index (κ1) is 15.1. The average molecular weight is 349 g/mol. The molecule has 2 aromatic rings. The van der Waals surface area contributed by atoms with E-state index in [2.05, 4.69) is 31.0 Å². The molecule has 0 fully saturated rings. The molecule has 1 N–H and O–H groups in total. The predicted octanol–water partition coefficient (Wildman–Crippen LogP) is 3.99. The maximum absolute atomic E-state index is 11.9. The van der Waals surface area contributed by atoms with Gasteiger partial charge in [-0.3, -0.25) is 4.98 Å². The van der Waals surface area contributed by atoms with E-state index in [0.29, 0.717) is 6.54 Å². The molecule has 0 spiro atoms. The number of nitrogens with zero attached hydrogens (tertiary/aromatic N) is 1. The van der Waals surface area contributed by atoms with Crippen LogP contribution in [-0.4, -0.2) is 30.9 Å². The van der Waals surface area contributed by atoms with E-state index in [-0.39, 0.29) is 6.61 Å². The van der Waals surface area contributed by atoms with Crippen molar-refractivity contribution in [2.45, 2.75) is 6.18 Å². The van der Waals surface area contributed by atoms with Crippen molar-refractivity contribution < 1.29 is 17.9 Å². The Morgan fingerprint density at radius 1 is 1.25 bits per heavy atom. The van der Waals surface area contributed by atoms with Crippen LogP contribution >= 0.6 is 15.9 Å². The number of hydrogen-bond donors (Lipinski definition) is 1. The van der Waals surface area contributed by atoms with Crippen LogP contribution < -0.4 is 5.32 Å². The number of nitrogens with one attached hydrogen (secondary N) is 1. The molecule has 7 heteroatoms. The molecule has 0 aliphatic rings. The van der Waals surface area contributed by atoms with Crippen LogP contribution in [0.15, 0.2) is 34.9 Å². The van der Waals surface area contributed by atoms with Crippen LogP contribution in [0.4, 0.5) is 18.9 Å². The average Bonchev–Trinajstić information content (AvgIpc) is 2.36. The second-order valence-electron chi connectivity index (χ2n) is 4.11. The van der Waals surface area contributed by atoms with E-state index in [4.69, 9.17) is 0 Å². The number of fused-ring (bicyclic) bond motifs is 1. The fourth-order valence-corrected chi connectivity index (χ4v) is 2.07. The Labute approximate surface area is 122 Å². The van der Waals surface area contributed by atoms with Gasteiger partial charge in [0.05, 0.1) is 12.1 Å². The largest absolute Gasteiger partial charge is 0.411 e. The van der Waals surface area contributed by atoms with E-state index < -0.39 is 12.8 Å². The van der Waals surface area contributed by atoms with E-state index >= 15 is 0 Å². The normalized spacial score (nSPS) is 11.8. The Bertz CT molecular complexity index is 589. The van der Waals surface area contributed by atoms with Gasteiger partial charge in [0.25, 0.3) is 0 Å². The van der Waals surface area contributed by atoms with Gasteiger partial charge < -0.3 is 10.1 Å². The van der Waals surface area contributed by atoms with E-state index in [1.807, 2.05) is 18.2 Å². The van der Waals surface area contributed by atoms with Crippen molar-refractivity contribution in [2.75, 3.05) is 25.1 Å². The maximum atomic E-state index is 11.9. The van der Waals surface area contributed by atoms with Crippen molar-refractivity contribution in [2.24, 2.45) is 0 Å². The molecule has 0 radical (unpaired) electrons. The smallest absolute Gasteiger partial charge is 0.382 e. The molecule has 0 saturated heterocycles. The number of benzene rings is 1. The third kappa shape index (κ3) is 4.35. The number of alkyl halides is 3. The molecule has 0 unspecified atom stereocenters. The first-order valence-electron chi connectivity index (χ1n) is 5.88. The Morgan fingerprint density at radius 2 is 2.05 bits per heavy atom. The lowest BCUT2D eigenvalue weighted by Gasteiger charge is -2.11. The highest BCUT2D eigenvalue weighted by molar-refractivity contribution is 9.10. The number of ether oxygens (including phenoxy) is 1. The van der Waals surface area contributed by atoms with Gasteiger partial charge in [-0.15, -0.1) is 0 Å². The molecule has 20 heavy (non-hydrogen) atoms. The fourth-order valence-electron chi connectivity index (χ4n) is 1.72. The highest BCUT2D eigenvalue weighted by atomic mass is 79.9. The number of anilines is 1. The number of halogens is 4. The SMILES string of the molecule is FC(F)(F)COCCNc1ccnc2cc(Br)ccc12. The minimum Gasteiger partial charge on any atom is -0.382 e. The third-order valence-corrected chi connectivity index (χ3v) is 3.03. The van der Waals surface area contributed by atoms with Crippen LogP contribution in [0.1, 0.15) is 0 Å².